The number of hydrogen-bond acceptors (Lipinski definition) is 3. The van der Waals surface area contributed by atoms with E-state index in [2.05, 4.69) is 5.32 Å². The molecule has 25 heavy (non-hydrogen) atoms. The monoisotopic (exact) mass is 345 g/mol. The van der Waals surface area contributed by atoms with Crippen molar-refractivity contribution in [2.45, 2.75) is 26.7 Å². The van der Waals surface area contributed by atoms with Gasteiger partial charge in [0.1, 0.15) is 5.82 Å². The van der Waals surface area contributed by atoms with Gasteiger partial charge in [0.15, 0.2) is 11.5 Å². The number of halogens is 1. The number of rotatable bonds is 9. The first-order chi connectivity index (χ1) is 12.1. The fourth-order valence-corrected chi connectivity index (χ4v) is 2.49. The van der Waals surface area contributed by atoms with Crippen molar-refractivity contribution in [2.24, 2.45) is 0 Å². The summed E-state index contributed by atoms with van der Waals surface area (Å²) in [6, 6.07) is 11.9. The largest absolute Gasteiger partial charge is 0.490 e. The van der Waals surface area contributed by atoms with Crippen LogP contribution in [0, 0.1) is 5.82 Å². The summed E-state index contributed by atoms with van der Waals surface area (Å²) < 4.78 is 24.3. The zero-order valence-corrected chi connectivity index (χ0v) is 14.7. The van der Waals surface area contributed by atoms with Crippen molar-refractivity contribution in [3.05, 3.63) is 59.4 Å². The van der Waals surface area contributed by atoms with E-state index in [1.165, 1.54) is 12.1 Å². The Hall–Kier alpha value is -2.56. The summed E-state index contributed by atoms with van der Waals surface area (Å²) >= 11 is 0. The molecule has 0 aliphatic carbocycles. The molecule has 5 heteroatoms. The minimum Gasteiger partial charge on any atom is -0.490 e. The molecular formula is C20H24FNO3. The van der Waals surface area contributed by atoms with Gasteiger partial charge in [-0.05, 0) is 55.7 Å². The Morgan fingerprint density at radius 3 is 2.48 bits per heavy atom. The van der Waals surface area contributed by atoms with E-state index in [1.807, 2.05) is 32.0 Å². The molecule has 0 radical (unpaired) electrons. The van der Waals surface area contributed by atoms with E-state index in [4.69, 9.17) is 9.47 Å². The second-order valence-corrected chi connectivity index (χ2v) is 5.55. The van der Waals surface area contributed by atoms with E-state index in [0.29, 0.717) is 37.5 Å². The zero-order chi connectivity index (χ0) is 18.1. The maximum atomic E-state index is 13.1. The number of hydrogen-bond donors (Lipinski definition) is 1. The van der Waals surface area contributed by atoms with Crippen molar-refractivity contribution >= 4 is 5.91 Å². The molecule has 0 aliphatic rings. The van der Waals surface area contributed by atoms with Gasteiger partial charge in [-0.3, -0.25) is 4.79 Å². The van der Waals surface area contributed by atoms with Gasteiger partial charge in [-0.25, -0.2) is 4.39 Å². The van der Waals surface area contributed by atoms with Gasteiger partial charge in [-0.2, -0.15) is 0 Å². The zero-order valence-electron chi connectivity index (χ0n) is 14.7. The molecular weight excluding hydrogens is 321 g/mol. The smallest absolute Gasteiger partial charge is 0.224 e. The second-order valence-electron chi connectivity index (χ2n) is 5.55. The van der Waals surface area contributed by atoms with Gasteiger partial charge in [0.05, 0.1) is 19.6 Å². The Morgan fingerprint density at radius 2 is 1.76 bits per heavy atom. The predicted octanol–water partition coefficient (Wildman–Crippen LogP) is 3.52. The summed E-state index contributed by atoms with van der Waals surface area (Å²) in [7, 11) is 0. The van der Waals surface area contributed by atoms with Crippen molar-refractivity contribution < 1.29 is 18.7 Å². The van der Waals surface area contributed by atoms with Crippen LogP contribution in [0.15, 0.2) is 42.5 Å². The van der Waals surface area contributed by atoms with Crippen molar-refractivity contribution in [1.82, 2.24) is 5.32 Å². The van der Waals surface area contributed by atoms with Gasteiger partial charge in [-0.15, -0.1) is 0 Å². The lowest BCUT2D eigenvalue weighted by molar-refractivity contribution is -0.120. The maximum absolute atomic E-state index is 13.1. The number of benzene rings is 2. The van der Waals surface area contributed by atoms with E-state index in [1.54, 1.807) is 12.1 Å². The SMILES string of the molecule is CCOc1ccc(CCNC(=O)Cc2cccc(F)c2)cc1OCC. The van der Waals surface area contributed by atoms with Crippen LogP contribution in [-0.2, 0) is 17.6 Å². The molecule has 0 bridgehead atoms. The van der Waals surface area contributed by atoms with Crippen LogP contribution < -0.4 is 14.8 Å². The van der Waals surface area contributed by atoms with Gasteiger partial charge in [0.25, 0.3) is 0 Å². The quantitative estimate of drug-likeness (QED) is 0.756. The van der Waals surface area contributed by atoms with Crippen molar-refractivity contribution in [2.75, 3.05) is 19.8 Å². The lowest BCUT2D eigenvalue weighted by Crippen LogP contribution is -2.27. The molecule has 134 valence electrons. The average Bonchev–Trinajstić information content (AvgIpc) is 2.57. The fraction of sp³-hybridized carbons (Fsp3) is 0.350. The van der Waals surface area contributed by atoms with Crippen molar-refractivity contribution in [3.8, 4) is 11.5 Å². The van der Waals surface area contributed by atoms with Gasteiger partial charge in [0, 0.05) is 6.54 Å². The number of carbonyl (C=O) groups excluding carboxylic acids is 1. The van der Waals surface area contributed by atoms with Crippen LogP contribution >= 0.6 is 0 Å². The Kier molecular flexibility index (Phi) is 7.26. The van der Waals surface area contributed by atoms with Gasteiger partial charge >= 0.3 is 0 Å². The average molecular weight is 345 g/mol. The van der Waals surface area contributed by atoms with E-state index >= 15 is 0 Å². The molecule has 0 saturated carbocycles. The molecule has 1 N–H and O–H groups in total. The molecule has 0 saturated heterocycles. The minimum absolute atomic E-state index is 0.124. The summed E-state index contributed by atoms with van der Waals surface area (Å²) in [5.41, 5.74) is 1.72. The van der Waals surface area contributed by atoms with Crippen LogP contribution in [0.5, 0.6) is 11.5 Å². The van der Waals surface area contributed by atoms with E-state index in [9.17, 15) is 9.18 Å². The molecule has 0 fully saturated rings. The van der Waals surface area contributed by atoms with Crippen LogP contribution in [0.4, 0.5) is 4.39 Å². The van der Waals surface area contributed by atoms with Crippen molar-refractivity contribution in [3.63, 3.8) is 0 Å². The Balaban J connectivity index is 1.86. The number of carbonyl (C=O) groups is 1. The summed E-state index contributed by atoms with van der Waals surface area (Å²) in [4.78, 5) is 11.9. The highest BCUT2D eigenvalue weighted by atomic mass is 19.1. The molecule has 0 aromatic heterocycles. The summed E-state index contributed by atoms with van der Waals surface area (Å²) in [6.45, 7) is 5.50. The van der Waals surface area contributed by atoms with Crippen LogP contribution in [-0.4, -0.2) is 25.7 Å². The molecule has 2 rings (SSSR count). The van der Waals surface area contributed by atoms with Crippen LogP contribution in [0.1, 0.15) is 25.0 Å². The third-order valence-electron chi connectivity index (χ3n) is 3.60. The highest BCUT2D eigenvalue weighted by Crippen LogP contribution is 2.28. The molecule has 2 aromatic rings. The van der Waals surface area contributed by atoms with Crippen LogP contribution in [0.2, 0.25) is 0 Å². The molecule has 1 amide bonds. The van der Waals surface area contributed by atoms with E-state index < -0.39 is 0 Å². The maximum Gasteiger partial charge on any atom is 0.224 e. The normalized spacial score (nSPS) is 10.4. The van der Waals surface area contributed by atoms with Crippen LogP contribution in [0.25, 0.3) is 0 Å². The first-order valence-electron chi connectivity index (χ1n) is 8.52. The molecule has 0 spiro atoms. The van der Waals surface area contributed by atoms with E-state index in [-0.39, 0.29) is 18.1 Å². The summed E-state index contributed by atoms with van der Waals surface area (Å²) in [5.74, 6) is 0.987. The Labute approximate surface area is 148 Å². The summed E-state index contributed by atoms with van der Waals surface area (Å²) in [6.07, 6.45) is 0.854. The van der Waals surface area contributed by atoms with E-state index in [0.717, 1.165) is 11.3 Å². The second kappa shape index (κ2) is 9.67. The number of ether oxygens (including phenoxy) is 2. The number of amides is 1. The standard InChI is InChI=1S/C20H24FNO3/c1-3-24-18-9-8-15(13-19(18)25-4-2)10-11-22-20(23)14-16-6-5-7-17(21)12-16/h5-9,12-13H,3-4,10-11,14H2,1-2H3,(H,22,23). The predicted molar refractivity (Wildman–Crippen MR) is 95.6 cm³/mol. The first kappa shape index (κ1) is 18.8. The van der Waals surface area contributed by atoms with Gasteiger partial charge < -0.3 is 14.8 Å². The Bertz CT molecular complexity index is 703. The van der Waals surface area contributed by atoms with Gasteiger partial charge in [0.2, 0.25) is 5.91 Å². The Morgan fingerprint density at radius 1 is 1.00 bits per heavy atom. The molecule has 0 heterocycles. The lowest BCUT2D eigenvalue weighted by atomic mass is 10.1. The lowest BCUT2D eigenvalue weighted by Gasteiger charge is -2.12. The fourth-order valence-electron chi connectivity index (χ4n) is 2.49. The van der Waals surface area contributed by atoms with Crippen molar-refractivity contribution in [1.29, 1.82) is 0 Å². The number of nitrogens with one attached hydrogen (secondary N) is 1. The minimum atomic E-state index is -0.330. The molecule has 2 aromatic carbocycles. The summed E-state index contributed by atoms with van der Waals surface area (Å²) in [5, 5.41) is 2.86. The molecule has 0 unspecified atom stereocenters. The van der Waals surface area contributed by atoms with Crippen LogP contribution in [0.3, 0.4) is 0 Å². The molecule has 0 atom stereocenters. The third-order valence-corrected chi connectivity index (χ3v) is 3.60. The molecule has 0 aliphatic heterocycles. The highest BCUT2D eigenvalue weighted by Gasteiger charge is 2.07. The first-order valence-corrected chi connectivity index (χ1v) is 8.52. The van der Waals surface area contributed by atoms with Gasteiger partial charge in [-0.1, -0.05) is 18.2 Å². The topological polar surface area (TPSA) is 47.6 Å². The third kappa shape index (κ3) is 6.10. The highest BCUT2D eigenvalue weighted by molar-refractivity contribution is 5.78. The molecule has 4 nitrogen and oxygen atoms in total.